The number of nitrogens with zero attached hydrogens (tertiary/aromatic N) is 1. The van der Waals surface area contributed by atoms with Gasteiger partial charge in [-0.15, -0.1) is 0 Å². The SMILES string of the molecule is Cc1ccc(N=C/C(Br)=C\Nc2ccc(C)cc2)cc1. The van der Waals surface area contributed by atoms with Crippen molar-refractivity contribution >= 4 is 33.5 Å². The van der Waals surface area contributed by atoms with Crippen molar-refractivity contribution in [2.24, 2.45) is 4.99 Å². The van der Waals surface area contributed by atoms with E-state index in [1.54, 1.807) is 6.21 Å². The van der Waals surface area contributed by atoms with Gasteiger partial charge in [0.1, 0.15) is 0 Å². The lowest BCUT2D eigenvalue weighted by Crippen LogP contribution is -1.89. The van der Waals surface area contributed by atoms with Crippen LogP contribution in [0.2, 0.25) is 0 Å². The molecule has 1 N–H and O–H groups in total. The van der Waals surface area contributed by atoms with Gasteiger partial charge in [0, 0.05) is 18.1 Å². The molecule has 2 rings (SSSR count). The van der Waals surface area contributed by atoms with Crippen LogP contribution in [-0.2, 0) is 0 Å². The molecule has 0 radical (unpaired) electrons. The van der Waals surface area contributed by atoms with Gasteiger partial charge >= 0.3 is 0 Å². The summed E-state index contributed by atoms with van der Waals surface area (Å²) in [5.41, 5.74) is 4.48. The fourth-order valence-corrected chi connectivity index (χ4v) is 1.82. The minimum Gasteiger partial charge on any atom is -0.361 e. The van der Waals surface area contributed by atoms with Crippen LogP contribution >= 0.6 is 15.9 Å². The first kappa shape index (κ1) is 14.5. The van der Waals surface area contributed by atoms with Crippen molar-refractivity contribution in [2.75, 3.05) is 5.32 Å². The van der Waals surface area contributed by atoms with Crippen LogP contribution in [0.15, 0.2) is 64.2 Å². The lowest BCUT2D eigenvalue weighted by molar-refractivity contribution is 1.44. The lowest BCUT2D eigenvalue weighted by Gasteiger charge is -2.01. The van der Waals surface area contributed by atoms with Gasteiger partial charge in [-0.1, -0.05) is 35.4 Å². The van der Waals surface area contributed by atoms with Crippen LogP contribution in [0.5, 0.6) is 0 Å². The largest absolute Gasteiger partial charge is 0.361 e. The van der Waals surface area contributed by atoms with Crippen molar-refractivity contribution in [3.8, 4) is 0 Å². The van der Waals surface area contributed by atoms with Gasteiger partial charge in [0.15, 0.2) is 0 Å². The summed E-state index contributed by atoms with van der Waals surface area (Å²) in [5.74, 6) is 0. The Kier molecular flexibility index (Phi) is 5.13. The standard InChI is InChI=1S/C17H17BrN2/c1-13-3-7-16(8-4-13)19-11-15(18)12-20-17-9-5-14(2)6-10-17/h3-12,19H,1-2H3/b15-11+,20-12?. The van der Waals surface area contributed by atoms with E-state index in [1.807, 2.05) is 30.5 Å². The zero-order chi connectivity index (χ0) is 14.4. The van der Waals surface area contributed by atoms with Gasteiger partial charge in [-0.3, -0.25) is 4.99 Å². The van der Waals surface area contributed by atoms with Crippen molar-refractivity contribution in [2.45, 2.75) is 13.8 Å². The van der Waals surface area contributed by atoms with Gasteiger partial charge in [0.2, 0.25) is 0 Å². The molecule has 0 unspecified atom stereocenters. The molecule has 0 heterocycles. The van der Waals surface area contributed by atoms with E-state index >= 15 is 0 Å². The second-order valence-electron chi connectivity index (χ2n) is 4.63. The number of hydrogen-bond donors (Lipinski definition) is 1. The molecule has 2 aromatic carbocycles. The summed E-state index contributed by atoms with van der Waals surface area (Å²) in [4.78, 5) is 4.39. The summed E-state index contributed by atoms with van der Waals surface area (Å²) >= 11 is 3.47. The number of nitrogens with one attached hydrogen (secondary N) is 1. The van der Waals surface area contributed by atoms with E-state index in [2.05, 4.69) is 64.4 Å². The Morgan fingerprint density at radius 2 is 1.50 bits per heavy atom. The fraction of sp³-hybridized carbons (Fsp3) is 0.118. The van der Waals surface area contributed by atoms with Crippen LogP contribution in [-0.4, -0.2) is 6.21 Å². The molecule has 0 spiro atoms. The molecule has 0 aliphatic rings. The Labute approximate surface area is 128 Å². The minimum absolute atomic E-state index is 0.888. The van der Waals surface area contributed by atoms with Gasteiger partial charge in [-0.05, 0) is 54.0 Å². The molecule has 0 fully saturated rings. The van der Waals surface area contributed by atoms with E-state index in [4.69, 9.17) is 0 Å². The highest BCUT2D eigenvalue weighted by molar-refractivity contribution is 9.12. The molecular weight excluding hydrogens is 312 g/mol. The summed E-state index contributed by atoms with van der Waals surface area (Å²) in [6, 6.07) is 16.3. The minimum atomic E-state index is 0.888. The number of halogens is 1. The maximum Gasteiger partial charge on any atom is 0.0630 e. The fourth-order valence-electron chi connectivity index (χ4n) is 1.61. The molecule has 0 aromatic heterocycles. The Morgan fingerprint density at radius 1 is 0.950 bits per heavy atom. The molecular formula is C17H17BrN2. The van der Waals surface area contributed by atoms with E-state index in [0.717, 1.165) is 15.9 Å². The lowest BCUT2D eigenvalue weighted by atomic mass is 10.2. The number of aryl methyl sites for hydroxylation is 2. The number of rotatable bonds is 4. The van der Waals surface area contributed by atoms with E-state index in [0.29, 0.717) is 0 Å². The third kappa shape index (κ3) is 4.67. The zero-order valence-electron chi connectivity index (χ0n) is 11.6. The molecule has 0 amide bonds. The average Bonchev–Trinajstić information content (AvgIpc) is 2.46. The predicted molar refractivity (Wildman–Crippen MR) is 91.1 cm³/mol. The summed E-state index contributed by atoms with van der Waals surface area (Å²) in [7, 11) is 0. The first-order valence-electron chi connectivity index (χ1n) is 6.43. The van der Waals surface area contributed by atoms with Crippen LogP contribution in [0.4, 0.5) is 11.4 Å². The average molecular weight is 329 g/mol. The van der Waals surface area contributed by atoms with Gasteiger partial charge in [0.25, 0.3) is 0 Å². The van der Waals surface area contributed by atoms with Crippen LogP contribution in [0.1, 0.15) is 11.1 Å². The summed E-state index contributed by atoms with van der Waals surface area (Å²) in [5, 5.41) is 3.22. The molecule has 2 nitrogen and oxygen atoms in total. The van der Waals surface area contributed by atoms with E-state index in [1.165, 1.54) is 11.1 Å². The van der Waals surface area contributed by atoms with Crippen LogP contribution in [0.25, 0.3) is 0 Å². The smallest absolute Gasteiger partial charge is 0.0630 e. The van der Waals surface area contributed by atoms with Crippen molar-refractivity contribution < 1.29 is 0 Å². The van der Waals surface area contributed by atoms with Gasteiger partial charge in [-0.25, -0.2) is 0 Å². The molecule has 0 aliphatic carbocycles. The Bertz CT molecular complexity index is 610. The first-order chi connectivity index (χ1) is 9.63. The molecule has 0 saturated carbocycles. The van der Waals surface area contributed by atoms with Crippen molar-refractivity contribution in [1.82, 2.24) is 0 Å². The molecule has 0 atom stereocenters. The van der Waals surface area contributed by atoms with Gasteiger partial charge in [0.05, 0.1) is 10.2 Å². The van der Waals surface area contributed by atoms with Crippen LogP contribution in [0, 0.1) is 13.8 Å². The Morgan fingerprint density at radius 3 is 2.10 bits per heavy atom. The second-order valence-corrected chi connectivity index (χ2v) is 5.55. The molecule has 2 aromatic rings. The molecule has 0 aliphatic heterocycles. The van der Waals surface area contributed by atoms with Gasteiger partial charge in [-0.2, -0.15) is 0 Å². The van der Waals surface area contributed by atoms with Crippen molar-refractivity contribution in [3.05, 3.63) is 70.3 Å². The summed E-state index contributed by atoms with van der Waals surface area (Å²) < 4.78 is 0.888. The maximum atomic E-state index is 4.39. The summed E-state index contributed by atoms with van der Waals surface area (Å²) in [6.45, 7) is 4.14. The highest BCUT2D eigenvalue weighted by Gasteiger charge is 1.91. The number of anilines is 1. The Balaban J connectivity index is 1.96. The number of allylic oxidation sites excluding steroid dienone is 1. The molecule has 102 valence electrons. The van der Waals surface area contributed by atoms with Gasteiger partial charge < -0.3 is 5.32 Å². The third-order valence-electron chi connectivity index (χ3n) is 2.80. The monoisotopic (exact) mass is 328 g/mol. The molecule has 3 heteroatoms. The molecule has 20 heavy (non-hydrogen) atoms. The predicted octanol–water partition coefficient (Wildman–Crippen LogP) is 5.35. The Hall–Kier alpha value is -1.87. The normalized spacial score (nSPS) is 11.8. The maximum absolute atomic E-state index is 4.39. The topological polar surface area (TPSA) is 24.4 Å². The summed E-state index contributed by atoms with van der Waals surface area (Å²) in [6.07, 6.45) is 3.66. The van der Waals surface area contributed by atoms with Crippen molar-refractivity contribution in [3.63, 3.8) is 0 Å². The highest BCUT2D eigenvalue weighted by atomic mass is 79.9. The van der Waals surface area contributed by atoms with E-state index in [-0.39, 0.29) is 0 Å². The highest BCUT2D eigenvalue weighted by Crippen LogP contribution is 2.14. The van der Waals surface area contributed by atoms with E-state index in [9.17, 15) is 0 Å². The van der Waals surface area contributed by atoms with E-state index < -0.39 is 0 Å². The third-order valence-corrected chi connectivity index (χ3v) is 3.23. The molecule has 0 saturated heterocycles. The van der Waals surface area contributed by atoms with Crippen LogP contribution in [0.3, 0.4) is 0 Å². The molecule has 0 bridgehead atoms. The van der Waals surface area contributed by atoms with Crippen molar-refractivity contribution in [1.29, 1.82) is 0 Å². The zero-order valence-corrected chi connectivity index (χ0v) is 13.2. The van der Waals surface area contributed by atoms with Crippen LogP contribution < -0.4 is 5.32 Å². The first-order valence-corrected chi connectivity index (χ1v) is 7.22. The number of benzene rings is 2. The quantitative estimate of drug-likeness (QED) is 0.751. The second kappa shape index (κ2) is 7.06. The number of aliphatic imine (C=N–C) groups is 1. The number of hydrogen-bond acceptors (Lipinski definition) is 2.